The van der Waals surface area contributed by atoms with Gasteiger partial charge in [0.25, 0.3) is 0 Å². The van der Waals surface area contributed by atoms with Crippen molar-refractivity contribution in [1.29, 1.82) is 0 Å². The van der Waals surface area contributed by atoms with E-state index in [0.717, 1.165) is 24.2 Å². The van der Waals surface area contributed by atoms with Gasteiger partial charge in [0.1, 0.15) is 6.54 Å². The molecule has 2 heterocycles. The maximum absolute atomic E-state index is 12.4. The number of hydrogen-bond donors (Lipinski definition) is 2. The number of piperidine rings is 1. The Morgan fingerprint density at radius 1 is 1.38 bits per heavy atom. The van der Waals surface area contributed by atoms with Crippen molar-refractivity contribution >= 4 is 36.6 Å². The van der Waals surface area contributed by atoms with E-state index in [-0.39, 0.29) is 49.1 Å². The highest BCUT2D eigenvalue weighted by Gasteiger charge is 2.28. The number of likely N-dealkylation sites (tertiary alicyclic amines) is 1. The van der Waals surface area contributed by atoms with Gasteiger partial charge in [-0.3, -0.25) is 14.3 Å². The Balaban J connectivity index is 0.00000264. The lowest BCUT2D eigenvalue weighted by Crippen LogP contribution is -2.47. The van der Waals surface area contributed by atoms with E-state index in [4.69, 9.17) is 5.73 Å². The molecule has 0 aromatic carbocycles. The number of aryl methyl sites for hydroxylation is 2. The van der Waals surface area contributed by atoms with Crippen LogP contribution >= 0.6 is 24.8 Å². The lowest BCUT2D eigenvalue weighted by Gasteiger charge is -2.32. The van der Waals surface area contributed by atoms with Gasteiger partial charge in [0.2, 0.25) is 11.8 Å². The van der Waals surface area contributed by atoms with Crippen molar-refractivity contribution in [2.45, 2.75) is 33.2 Å². The van der Waals surface area contributed by atoms with E-state index in [2.05, 4.69) is 10.4 Å². The van der Waals surface area contributed by atoms with Crippen molar-refractivity contribution in [2.24, 2.45) is 11.7 Å². The topological polar surface area (TPSA) is 93.2 Å². The molecule has 138 valence electrons. The maximum atomic E-state index is 12.4. The number of halogens is 2. The third-order valence-corrected chi connectivity index (χ3v) is 3.98. The number of aromatic nitrogens is 2. The van der Waals surface area contributed by atoms with Gasteiger partial charge in [-0.15, -0.1) is 24.8 Å². The summed E-state index contributed by atoms with van der Waals surface area (Å²) in [6, 6.07) is 1.95. The van der Waals surface area contributed by atoms with E-state index in [1.165, 1.54) is 0 Å². The van der Waals surface area contributed by atoms with Crippen LogP contribution in [0.15, 0.2) is 6.07 Å². The molecule has 0 spiro atoms. The summed E-state index contributed by atoms with van der Waals surface area (Å²) < 4.78 is 1.72. The van der Waals surface area contributed by atoms with Crippen LogP contribution in [0.5, 0.6) is 0 Å². The zero-order valence-corrected chi connectivity index (χ0v) is 15.8. The summed E-state index contributed by atoms with van der Waals surface area (Å²) in [5.41, 5.74) is 7.27. The lowest BCUT2D eigenvalue weighted by molar-refractivity contribution is -0.136. The molecule has 2 rings (SSSR count). The van der Waals surface area contributed by atoms with Crippen molar-refractivity contribution in [3.8, 4) is 0 Å². The molecule has 1 aromatic heterocycles. The molecule has 0 radical (unpaired) electrons. The number of hydrogen-bond acceptors (Lipinski definition) is 4. The van der Waals surface area contributed by atoms with Gasteiger partial charge in [-0.25, -0.2) is 0 Å². The third-order valence-electron chi connectivity index (χ3n) is 3.98. The Morgan fingerprint density at radius 3 is 2.67 bits per heavy atom. The van der Waals surface area contributed by atoms with Gasteiger partial charge in [-0.2, -0.15) is 5.10 Å². The zero-order valence-electron chi connectivity index (χ0n) is 14.2. The summed E-state index contributed by atoms with van der Waals surface area (Å²) in [5, 5.41) is 7.12. The number of carbonyl (C=O) groups excluding carboxylic acids is 2. The first-order valence-corrected chi connectivity index (χ1v) is 7.78. The highest BCUT2D eigenvalue weighted by molar-refractivity contribution is 5.85. The van der Waals surface area contributed by atoms with Gasteiger partial charge < -0.3 is 16.0 Å². The predicted molar refractivity (Wildman–Crippen MR) is 97.6 cm³/mol. The van der Waals surface area contributed by atoms with Crippen LogP contribution in [0.1, 0.15) is 24.2 Å². The van der Waals surface area contributed by atoms with Crippen LogP contribution < -0.4 is 11.1 Å². The average molecular weight is 380 g/mol. The van der Waals surface area contributed by atoms with Crippen LogP contribution in [-0.2, 0) is 16.1 Å². The second kappa shape index (κ2) is 10.5. The Hall–Kier alpha value is -1.31. The first kappa shape index (κ1) is 22.7. The molecule has 24 heavy (non-hydrogen) atoms. The van der Waals surface area contributed by atoms with Crippen molar-refractivity contribution < 1.29 is 9.59 Å². The summed E-state index contributed by atoms with van der Waals surface area (Å²) in [6.45, 7) is 6.18. The van der Waals surface area contributed by atoms with Gasteiger partial charge in [0, 0.05) is 31.9 Å². The Bertz CT molecular complexity index is 550. The number of carbonyl (C=O) groups is 2. The largest absolute Gasteiger partial charge is 0.355 e. The summed E-state index contributed by atoms with van der Waals surface area (Å²) in [4.78, 5) is 26.2. The summed E-state index contributed by atoms with van der Waals surface area (Å²) in [7, 11) is 0. The van der Waals surface area contributed by atoms with Crippen molar-refractivity contribution in [2.75, 3.05) is 26.2 Å². The zero-order chi connectivity index (χ0) is 16.1. The fraction of sp³-hybridized carbons (Fsp3) is 0.667. The molecule has 2 amide bonds. The van der Waals surface area contributed by atoms with E-state index in [0.29, 0.717) is 26.2 Å². The smallest absolute Gasteiger partial charge is 0.244 e. The van der Waals surface area contributed by atoms with Gasteiger partial charge in [0.15, 0.2) is 0 Å². The lowest BCUT2D eigenvalue weighted by atomic mass is 9.97. The van der Waals surface area contributed by atoms with E-state index in [1.807, 2.05) is 19.9 Å². The van der Waals surface area contributed by atoms with E-state index in [9.17, 15) is 9.59 Å². The standard InChI is InChI=1S/C15H25N5O2.2ClH/c1-11-8-12(2)20(18-11)10-14(21)19-7-3-4-13(9-19)15(22)17-6-5-16;;/h8,13H,3-7,9-10,16H2,1-2H3,(H,17,22);2*1H. The number of nitrogens with two attached hydrogens (primary N) is 1. The molecule has 7 nitrogen and oxygen atoms in total. The van der Waals surface area contributed by atoms with Crippen molar-refractivity contribution in [3.63, 3.8) is 0 Å². The molecule has 3 N–H and O–H groups in total. The van der Waals surface area contributed by atoms with E-state index >= 15 is 0 Å². The second-order valence-corrected chi connectivity index (χ2v) is 5.84. The molecular formula is C15H27Cl2N5O2. The third kappa shape index (κ3) is 5.96. The summed E-state index contributed by atoms with van der Waals surface area (Å²) in [6.07, 6.45) is 1.67. The van der Waals surface area contributed by atoms with E-state index < -0.39 is 0 Å². The minimum atomic E-state index is -0.135. The van der Waals surface area contributed by atoms with Crippen molar-refractivity contribution in [3.05, 3.63) is 17.5 Å². The normalized spacial score (nSPS) is 16.8. The van der Waals surface area contributed by atoms with Gasteiger partial charge >= 0.3 is 0 Å². The van der Waals surface area contributed by atoms with Crippen LogP contribution in [0, 0.1) is 19.8 Å². The molecule has 1 atom stereocenters. The molecule has 1 aromatic rings. The maximum Gasteiger partial charge on any atom is 0.244 e. The molecule has 1 aliphatic heterocycles. The van der Waals surface area contributed by atoms with Crippen LogP contribution in [-0.4, -0.2) is 52.7 Å². The Kier molecular flexibility index (Phi) is 9.96. The number of amides is 2. The molecule has 9 heteroatoms. The highest BCUT2D eigenvalue weighted by Crippen LogP contribution is 2.17. The Morgan fingerprint density at radius 2 is 2.08 bits per heavy atom. The predicted octanol–water partition coefficient (Wildman–Crippen LogP) is 0.657. The SMILES string of the molecule is Cc1cc(C)n(CC(=O)N2CCCC(C(=O)NCCN)C2)n1.Cl.Cl. The first-order valence-electron chi connectivity index (χ1n) is 7.78. The van der Waals surface area contributed by atoms with Gasteiger partial charge in [-0.1, -0.05) is 0 Å². The number of nitrogens with zero attached hydrogens (tertiary/aromatic N) is 3. The fourth-order valence-corrected chi connectivity index (χ4v) is 2.82. The second-order valence-electron chi connectivity index (χ2n) is 5.84. The average Bonchev–Trinajstić information content (AvgIpc) is 2.82. The number of rotatable bonds is 5. The van der Waals surface area contributed by atoms with Crippen LogP contribution in [0.4, 0.5) is 0 Å². The van der Waals surface area contributed by atoms with Gasteiger partial charge in [0.05, 0.1) is 11.6 Å². The first-order chi connectivity index (χ1) is 10.5. The molecule has 1 aliphatic rings. The highest BCUT2D eigenvalue weighted by atomic mass is 35.5. The molecule has 1 saturated heterocycles. The van der Waals surface area contributed by atoms with E-state index in [1.54, 1.807) is 9.58 Å². The minimum absolute atomic E-state index is 0. The Labute approximate surface area is 155 Å². The molecule has 0 saturated carbocycles. The van der Waals surface area contributed by atoms with Gasteiger partial charge in [-0.05, 0) is 32.8 Å². The molecular weight excluding hydrogens is 353 g/mol. The molecule has 1 unspecified atom stereocenters. The molecule has 0 bridgehead atoms. The monoisotopic (exact) mass is 379 g/mol. The van der Waals surface area contributed by atoms with Crippen LogP contribution in [0.25, 0.3) is 0 Å². The summed E-state index contributed by atoms with van der Waals surface area (Å²) in [5.74, 6) is -0.124. The van der Waals surface area contributed by atoms with Crippen LogP contribution in [0.2, 0.25) is 0 Å². The molecule has 0 aliphatic carbocycles. The molecule has 1 fully saturated rings. The quantitative estimate of drug-likeness (QED) is 0.785. The van der Waals surface area contributed by atoms with Crippen LogP contribution in [0.3, 0.4) is 0 Å². The number of nitrogens with one attached hydrogen (secondary N) is 1. The summed E-state index contributed by atoms with van der Waals surface area (Å²) >= 11 is 0. The minimum Gasteiger partial charge on any atom is -0.355 e. The van der Waals surface area contributed by atoms with Crippen molar-refractivity contribution in [1.82, 2.24) is 20.0 Å². The fourth-order valence-electron chi connectivity index (χ4n) is 2.82.